The van der Waals surface area contributed by atoms with Crippen molar-refractivity contribution >= 4 is 17.8 Å². The largest absolute Gasteiger partial charge is 0.461 e. The van der Waals surface area contributed by atoms with E-state index in [0.29, 0.717) is 19.5 Å². The first-order valence-corrected chi connectivity index (χ1v) is 13.3. The molecular weight excluding hydrogens is 472 g/mol. The number of rotatable bonds is 8. The Morgan fingerprint density at radius 3 is 2.57 bits per heavy atom. The van der Waals surface area contributed by atoms with E-state index in [1.807, 2.05) is 42.5 Å². The van der Waals surface area contributed by atoms with E-state index in [0.717, 1.165) is 24.8 Å². The van der Waals surface area contributed by atoms with Gasteiger partial charge in [0.15, 0.2) is 0 Å². The molecule has 37 heavy (non-hydrogen) atoms. The molecule has 2 fully saturated rings. The van der Waals surface area contributed by atoms with Crippen molar-refractivity contribution in [2.75, 3.05) is 26.3 Å². The summed E-state index contributed by atoms with van der Waals surface area (Å²) in [4.78, 5) is 45.1. The molecule has 2 amide bonds. The van der Waals surface area contributed by atoms with Crippen molar-refractivity contribution in [1.82, 2.24) is 9.80 Å². The number of hydrogen-bond acceptors (Lipinski definition) is 6. The first kappa shape index (κ1) is 25.7. The fourth-order valence-corrected chi connectivity index (χ4v) is 6.63. The van der Waals surface area contributed by atoms with Crippen LogP contribution in [0.25, 0.3) is 0 Å². The molecule has 198 valence electrons. The average molecular weight is 509 g/mol. The Morgan fingerprint density at radius 1 is 1.05 bits per heavy atom. The van der Waals surface area contributed by atoms with Crippen LogP contribution in [-0.2, 0) is 30.3 Å². The Hall–Kier alpha value is -2.97. The molecule has 4 aliphatic heterocycles. The molecule has 0 aromatic heterocycles. The van der Waals surface area contributed by atoms with Crippen LogP contribution in [0, 0.1) is 11.8 Å². The molecule has 8 heteroatoms. The number of nitrogens with zero attached hydrogens (tertiary/aromatic N) is 2. The van der Waals surface area contributed by atoms with Crippen LogP contribution in [0.5, 0.6) is 0 Å². The number of cyclic esters (lactones) is 1. The minimum atomic E-state index is -1.34. The molecule has 0 bridgehead atoms. The second-order valence-electron chi connectivity index (χ2n) is 10.7. The van der Waals surface area contributed by atoms with Crippen molar-refractivity contribution in [1.29, 1.82) is 0 Å². The van der Waals surface area contributed by atoms with Crippen LogP contribution < -0.4 is 0 Å². The quantitative estimate of drug-likeness (QED) is 0.329. The fraction of sp³-hybridized carbons (Fsp3) is 0.552. The van der Waals surface area contributed by atoms with E-state index in [-0.39, 0.29) is 25.0 Å². The van der Waals surface area contributed by atoms with E-state index in [1.165, 1.54) is 4.90 Å². The summed E-state index contributed by atoms with van der Waals surface area (Å²) in [6, 6.07) is 7.95. The molecule has 0 aliphatic carbocycles. The number of benzene rings is 1. The topological polar surface area (TPSA) is 96.4 Å². The Kier molecular flexibility index (Phi) is 6.98. The SMILES string of the molecule is CCCCCN1CC=C[C@]23O[C@]4(C)C=CCOC(=O)[C@@H]4[C@H]2C(=O)N([C@@H](CO)Cc2ccccc2)C3C1=O. The first-order valence-electron chi connectivity index (χ1n) is 13.3. The number of esters is 1. The molecule has 0 saturated carbocycles. The lowest BCUT2D eigenvalue weighted by atomic mass is 9.75. The van der Waals surface area contributed by atoms with Gasteiger partial charge in [-0.1, -0.05) is 68.3 Å². The summed E-state index contributed by atoms with van der Waals surface area (Å²) in [5.41, 5.74) is -1.48. The number of hydrogen-bond donors (Lipinski definition) is 1. The normalized spacial score (nSPS) is 33.5. The number of fused-ring (bicyclic) bond motifs is 2. The van der Waals surface area contributed by atoms with Crippen LogP contribution in [0.3, 0.4) is 0 Å². The number of carbonyl (C=O) groups excluding carboxylic acids is 3. The maximum Gasteiger partial charge on any atom is 0.313 e. The third-order valence-corrected chi connectivity index (χ3v) is 8.28. The number of likely N-dealkylation sites (tertiary alicyclic amines) is 1. The van der Waals surface area contributed by atoms with Gasteiger partial charge in [-0.15, -0.1) is 0 Å². The molecule has 0 radical (unpaired) electrons. The van der Waals surface area contributed by atoms with Crippen LogP contribution >= 0.6 is 0 Å². The molecule has 4 heterocycles. The van der Waals surface area contributed by atoms with Crippen LogP contribution in [0.4, 0.5) is 0 Å². The number of ether oxygens (including phenoxy) is 2. The van der Waals surface area contributed by atoms with E-state index in [4.69, 9.17) is 9.47 Å². The van der Waals surface area contributed by atoms with Gasteiger partial charge < -0.3 is 24.4 Å². The number of aliphatic hydroxyl groups is 1. The number of unbranched alkanes of at least 4 members (excludes halogenated alkanes) is 2. The maximum absolute atomic E-state index is 14.3. The summed E-state index contributed by atoms with van der Waals surface area (Å²) in [6.45, 7) is 4.67. The van der Waals surface area contributed by atoms with Crippen molar-refractivity contribution in [3.63, 3.8) is 0 Å². The predicted octanol–water partition coefficient (Wildman–Crippen LogP) is 2.26. The van der Waals surface area contributed by atoms with Gasteiger partial charge in [-0.3, -0.25) is 14.4 Å². The van der Waals surface area contributed by atoms with E-state index < -0.39 is 41.1 Å². The zero-order chi connectivity index (χ0) is 26.2. The lowest BCUT2D eigenvalue weighted by Gasteiger charge is -2.40. The number of carbonyl (C=O) groups is 3. The minimum absolute atomic E-state index is 0.114. The van der Waals surface area contributed by atoms with E-state index in [1.54, 1.807) is 24.0 Å². The highest BCUT2D eigenvalue weighted by Gasteiger charge is 2.75. The Morgan fingerprint density at radius 2 is 1.84 bits per heavy atom. The highest BCUT2D eigenvalue weighted by atomic mass is 16.6. The Bertz CT molecular complexity index is 1100. The van der Waals surface area contributed by atoms with Crippen molar-refractivity contribution in [2.45, 2.75) is 62.8 Å². The van der Waals surface area contributed by atoms with Gasteiger partial charge in [0.2, 0.25) is 11.8 Å². The molecule has 5 rings (SSSR count). The summed E-state index contributed by atoms with van der Waals surface area (Å²) in [5.74, 6) is -2.89. The van der Waals surface area contributed by atoms with Crippen LogP contribution in [-0.4, -0.2) is 82.3 Å². The smallest absolute Gasteiger partial charge is 0.313 e. The summed E-state index contributed by atoms with van der Waals surface area (Å²) in [7, 11) is 0. The summed E-state index contributed by atoms with van der Waals surface area (Å²) < 4.78 is 12.2. The van der Waals surface area contributed by atoms with Crippen LogP contribution in [0.1, 0.15) is 38.7 Å². The molecule has 4 aliphatic rings. The zero-order valence-corrected chi connectivity index (χ0v) is 21.5. The zero-order valence-electron chi connectivity index (χ0n) is 21.5. The molecular formula is C29H36N2O6. The van der Waals surface area contributed by atoms with Gasteiger partial charge in [-0.2, -0.15) is 0 Å². The first-order chi connectivity index (χ1) is 17.9. The fourth-order valence-electron chi connectivity index (χ4n) is 6.63. The van der Waals surface area contributed by atoms with Crippen LogP contribution in [0.2, 0.25) is 0 Å². The van der Waals surface area contributed by atoms with Gasteiger partial charge in [0.05, 0.1) is 24.2 Å². The second-order valence-corrected chi connectivity index (χ2v) is 10.7. The molecule has 1 unspecified atom stereocenters. The number of amides is 2. The van der Waals surface area contributed by atoms with Crippen molar-refractivity contribution < 1.29 is 29.0 Å². The minimum Gasteiger partial charge on any atom is -0.461 e. The average Bonchev–Trinajstić information content (AvgIpc) is 3.16. The summed E-state index contributed by atoms with van der Waals surface area (Å²) in [5, 5.41) is 10.5. The van der Waals surface area contributed by atoms with Crippen LogP contribution in [0.15, 0.2) is 54.6 Å². The Balaban J connectivity index is 1.60. The molecule has 1 aromatic rings. The van der Waals surface area contributed by atoms with Gasteiger partial charge in [-0.05, 0) is 31.4 Å². The molecule has 1 spiro atoms. The van der Waals surface area contributed by atoms with E-state index in [9.17, 15) is 19.5 Å². The predicted molar refractivity (Wildman–Crippen MR) is 136 cm³/mol. The highest BCUT2D eigenvalue weighted by molar-refractivity contribution is 5.99. The maximum atomic E-state index is 14.3. The molecule has 2 saturated heterocycles. The monoisotopic (exact) mass is 508 g/mol. The second kappa shape index (κ2) is 10.1. The third kappa shape index (κ3) is 4.20. The third-order valence-electron chi connectivity index (χ3n) is 8.28. The summed E-state index contributed by atoms with van der Waals surface area (Å²) >= 11 is 0. The molecule has 1 aromatic carbocycles. The van der Waals surface area contributed by atoms with Gasteiger partial charge in [0.25, 0.3) is 0 Å². The van der Waals surface area contributed by atoms with E-state index in [2.05, 4.69) is 6.92 Å². The van der Waals surface area contributed by atoms with Crippen molar-refractivity contribution in [3.8, 4) is 0 Å². The standard InChI is InChI=1S/C29H36N2O6/c1-3-4-8-15-30-16-9-14-29-22(23-27(35)36-17-10-13-28(23,2)37-29)25(33)31(24(29)26(30)34)21(19-32)18-20-11-6-5-7-12-20/h5-7,9-14,21-24,32H,3-4,8,15-19H2,1-2H3/t21-,22+,23+,24?,28-,29+/m1/s1. The highest BCUT2D eigenvalue weighted by Crippen LogP contribution is 2.57. The van der Waals surface area contributed by atoms with Crippen molar-refractivity contribution in [3.05, 3.63) is 60.2 Å². The number of aliphatic hydroxyl groups excluding tert-OH is 1. The lowest BCUT2D eigenvalue weighted by molar-refractivity contribution is -0.159. The molecule has 1 N–H and O–H groups in total. The van der Waals surface area contributed by atoms with Gasteiger partial charge in [-0.25, -0.2) is 0 Å². The Labute approximate surface area is 217 Å². The molecule has 6 atom stereocenters. The van der Waals surface area contributed by atoms with Gasteiger partial charge in [0.1, 0.15) is 24.2 Å². The summed E-state index contributed by atoms with van der Waals surface area (Å²) in [6.07, 6.45) is 10.5. The van der Waals surface area contributed by atoms with E-state index >= 15 is 0 Å². The van der Waals surface area contributed by atoms with Gasteiger partial charge >= 0.3 is 5.97 Å². The lowest BCUT2D eigenvalue weighted by Crippen LogP contribution is -2.59. The van der Waals surface area contributed by atoms with Crippen molar-refractivity contribution in [2.24, 2.45) is 11.8 Å². The van der Waals surface area contributed by atoms with Gasteiger partial charge in [0, 0.05) is 13.1 Å². The molecule has 8 nitrogen and oxygen atoms in total.